The Kier molecular flexibility index (Phi) is 7.28. The number of benzene rings is 2. The molecular formula is C26H29N3O6. The molecule has 2 aliphatic heterocycles. The fourth-order valence-corrected chi connectivity index (χ4v) is 4.69. The van der Waals surface area contributed by atoms with Gasteiger partial charge in [0, 0.05) is 43.9 Å². The number of aliphatic hydroxyl groups excluding tert-OH is 1. The molecule has 0 spiro atoms. The van der Waals surface area contributed by atoms with Gasteiger partial charge in [0.25, 0.3) is 17.4 Å². The molecule has 0 radical (unpaired) electrons. The van der Waals surface area contributed by atoms with Crippen molar-refractivity contribution < 1.29 is 24.4 Å². The molecule has 9 heteroatoms. The van der Waals surface area contributed by atoms with Gasteiger partial charge < -0.3 is 14.7 Å². The number of carbonyl (C=O) groups is 2. The molecule has 0 bridgehead atoms. The first-order valence-corrected chi connectivity index (χ1v) is 11.7. The number of nitrogens with zero attached hydrogens (tertiary/aromatic N) is 3. The van der Waals surface area contributed by atoms with Gasteiger partial charge in [0.15, 0.2) is 0 Å². The molecule has 2 aromatic rings. The van der Waals surface area contributed by atoms with Crippen molar-refractivity contribution in [1.82, 2.24) is 9.80 Å². The van der Waals surface area contributed by atoms with E-state index in [2.05, 4.69) is 4.90 Å². The molecule has 1 N–H and O–H groups in total. The Morgan fingerprint density at radius 2 is 1.86 bits per heavy atom. The maximum absolute atomic E-state index is 13.2. The third-order valence-corrected chi connectivity index (χ3v) is 6.56. The van der Waals surface area contributed by atoms with Crippen molar-refractivity contribution in [3.63, 3.8) is 0 Å². The number of carbonyl (C=O) groups excluding carboxylic acids is 2. The number of non-ortho nitro benzene ring substituents is 1. The van der Waals surface area contributed by atoms with E-state index in [-0.39, 0.29) is 23.6 Å². The lowest BCUT2D eigenvalue weighted by molar-refractivity contribution is -0.384. The quantitative estimate of drug-likeness (QED) is 0.213. The zero-order valence-corrected chi connectivity index (χ0v) is 19.9. The molecule has 0 saturated carbocycles. The maximum Gasteiger partial charge on any atom is 0.295 e. The van der Waals surface area contributed by atoms with Gasteiger partial charge in [-0.3, -0.25) is 24.6 Å². The van der Waals surface area contributed by atoms with Crippen molar-refractivity contribution in [1.29, 1.82) is 0 Å². The van der Waals surface area contributed by atoms with Crippen LogP contribution in [0.2, 0.25) is 0 Å². The van der Waals surface area contributed by atoms with Gasteiger partial charge in [0.2, 0.25) is 0 Å². The van der Waals surface area contributed by atoms with Gasteiger partial charge in [0.1, 0.15) is 5.76 Å². The molecule has 9 nitrogen and oxygen atoms in total. The average Bonchev–Trinajstić information content (AvgIpc) is 3.11. The summed E-state index contributed by atoms with van der Waals surface area (Å²) in [5.74, 6) is -1.77. The Bertz CT molecular complexity index is 1190. The van der Waals surface area contributed by atoms with Gasteiger partial charge in [-0.25, -0.2) is 0 Å². The zero-order chi connectivity index (χ0) is 25.1. The Balaban J connectivity index is 1.74. The first-order chi connectivity index (χ1) is 16.8. The molecule has 1 unspecified atom stereocenters. The van der Waals surface area contributed by atoms with E-state index in [4.69, 9.17) is 4.74 Å². The summed E-state index contributed by atoms with van der Waals surface area (Å²) in [5, 5.41) is 22.7. The zero-order valence-electron chi connectivity index (χ0n) is 19.9. The van der Waals surface area contributed by atoms with E-state index in [0.717, 1.165) is 30.8 Å². The van der Waals surface area contributed by atoms with Crippen LogP contribution < -0.4 is 0 Å². The molecule has 4 rings (SSSR count). The van der Waals surface area contributed by atoms with Crippen LogP contribution in [0, 0.1) is 24.0 Å². The van der Waals surface area contributed by atoms with Gasteiger partial charge in [-0.1, -0.05) is 29.8 Å². The fourth-order valence-electron chi connectivity index (χ4n) is 4.69. The molecule has 184 valence electrons. The van der Waals surface area contributed by atoms with Crippen LogP contribution in [0.5, 0.6) is 0 Å². The summed E-state index contributed by atoms with van der Waals surface area (Å²) in [6.45, 7) is 7.62. The summed E-state index contributed by atoms with van der Waals surface area (Å²) in [6.07, 6.45) is 0.613. The van der Waals surface area contributed by atoms with Crippen molar-refractivity contribution in [2.75, 3.05) is 39.4 Å². The third kappa shape index (κ3) is 5.11. The lowest BCUT2D eigenvalue weighted by Crippen LogP contribution is -2.39. The van der Waals surface area contributed by atoms with Crippen LogP contribution in [-0.4, -0.2) is 70.9 Å². The third-order valence-electron chi connectivity index (χ3n) is 6.56. The van der Waals surface area contributed by atoms with Crippen LogP contribution in [-0.2, 0) is 14.3 Å². The van der Waals surface area contributed by atoms with Crippen molar-refractivity contribution in [2.24, 2.45) is 0 Å². The highest BCUT2D eigenvalue weighted by Gasteiger charge is 2.46. The van der Waals surface area contributed by atoms with Gasteiger partial charge in [-0.2, -0.15) is 0 Å². The van der Waals surface area contributed by atoms with Crippen molar-refractivity contribution >= 4 is 23.1 Å². The van der Waals surface area contributed by atoms with Crippen LogP contribution in [0.1, 0.15) is 34.7 Å². The molecule has 2 fully saturated rings. The smallest absolute Gasteiger partial charge is 0.295 e. The molecule has 0 aromatic heterocycles. The van der Waals surface area contributed by atoms with E-state index in [9.17, 15) is 24.8 Å². The van der Waals surface area contributed by atoms with E-state index >= 15 is 0 Å². The number of nitro benzene ring substituents is 1. The van der Waals surface area contributed by atoms with Gasteiger partial charge in [0.05, 0.1) is 29.8 Å². The Hall–Kier alpha value is -3.56. The number of rotatable bonds is 7. The minimum atomic E-state index is -0.917. The molecule has 1 atom stereocenters. The number of aryl methyl sites for hydroxylation is 2. The number of aliphatic hydroxyl groups is 1. The van der Waals surface area contributed by atoms with Gasteiger partial charge >= 0.3 is 0 Å². The van der Waals surface area contributed by atoms with Gasteiger partial charge in [-0.05, 0) is 37.5 Å². The minimum Gasteiger partial charge on any atom is -0.507 e. The number of amides is 1. The number of likely N-dealkylation sites (tertiary alicyclic amines) is 1. The predicted octanol–water partition coefficient (Wildman–Crippen LogP) is 3.36. The number of morpholine rings is 1. The van der Waals surface area contributed by atoms with Crippen LogP contribution >= 0.6 is 0 Å². The number of Topliss-reactive ketones (excluding diaryl/α,β-unsaturated/α-hetero) is 1. The second kappa shape index (κ2) is 10.4. The second-order valence-electron chi connectivity index (χ2n) is 8.97. The highest BCUT2D eigenvalue weighted by atomic mass is 16.6. The summed E-state index contributed by atoms with van der Waals surface area (Å²) in [5.41, 5.74) is 2.33. The number of hydrogen-bond acceptors (Lipinski definition) is 7. The number of ketones is 1. The topological polar surface area (TPSA) is 113 Å². The lowest BCUT2D eigenvalue weighted by Gasteiger charge is -2.29. The standard InChI is InChI=1S/C26H29N3O6/c1-17-7-8-18(2)21(15-17)24(30)22-23(19-5-3-6-20(16-19)29(33)34)28(26(32)25(22)31)10-4-9-27-11-13-35-14-12-27/h3,5-8,15-16,23,30H,4,9-14H2,1-2H3. The number of hydrogen-bond donors (Lipinski definition) is 1. The molecule has 0 aliphatic carbocycles. The van der Waals surface area contributed by atoms with Gasteiger partial charge in [-0.15, -0.1) is 0 Å². The lowest BCUT2D eigenvalue weighted by atomic mass is 9.93. The fraction of sp³-hybridized carbons (Fsp3) is 0.385. The number of nitro groups is 1. The van der Waals surface area contributed by atoms with E-state index in [1.54, 1.807) is 12.1 Å². The van der Waals surface area contributed by atoms with E-state index < -0.39 is 22.7 Å². The average molecular weight is 480 g/mol. The summed E-state index contributed by atoms with van der Waals surface area (Å²) in [4.78, 5) is 40.9. The maximum atomic E-state index is 13.2. The van der Waals surface area contributed by atoms with Crippen LogP contribution in [0.25, 0.3) is 5.76 Å². The molecule has 2 aromatic carbocycles. The highest BCUT2D eigenvalue weighted by molar-refractivity contribution is 6.46. The summed E-state index contributed by atoms with van der Waals surface area (Å²) in [7, 11) is 0. The minimum absolute atomic E-state index is 0.0458. The molecular weight excluding hydrogens is 450 g/mol. The Morgan fingerprint density at radius 1 is 1.11 bits per heavy atom. The molecule has 2 saturated heterocycles. The van der Waals surface area contributed by atoms with Crippen molar-refractivity contribution in [2.45, 2.75) is 26.3 Å². The molecule has 2 aliphatic rings. The summed E-state index contributed by atoms with van der Waals surface area (Å²) < 4.78 is 5.38. The van der Waals surface area contributed by atoms with E-state index in [0.29, 0.717) is 30.8 Å². The van der Waals surface area contributed by atoms with Crippen LogP contribution in [0.3, 0.4) is 0 Å². The van der Waals surface area contributed by atoms with E-state index in [1.165, 1.54) is 23.1 Å². The summed E-state index contributed by atoms with van der Waals surface area (Å²) in [6, 6.07) is 10.5. The number of ether oxygens (including phenoxy) is 1. The Labute approximate surface area is 203 Å². The van der Waals surface area contributed by atoms with Crippen LogP contribution in [0.4, 0.5) is 5.69 Å². The first-order valence-electron chi connectivity index (χ1n) is 11.7. The highest BCUT2D eigenvalue weighted by Crippen LogP contribution is 2.40. The molecule has 2 heterocycles. The van der Waals surface area contributed by atoms with E-state index in [1.807, 2.05) is 26.0 Å². The molecule has 35 heavy (non-hydrogen) atoms. The first kappa shape index (κ1) is 24.6. The summed E-state index contributed by atoms with van der Waals surface area (Å²) >= 11 is 0. The normalized spacial score (nSPS) is 20.4. The molecule has 1 amide bonds. The predicted molar refractivity (Wildman–Crippen MR) is 130 cm³/mol. The van der Waals surface area contributed by atoms with Crippen molar-refractivity contribution in [3.8, 4) is 0 Å². The van der Waals surface area contributed by atoms with Crippen LogP contribution in [0.15, 0.2) is 48.0 Å². The van der Waals surface area contributed by atoms with Crippen molar-refractivity contribution in [3.05, 3.63) is 80.4 Å². The monoisotopic (exact) mass is 479 g/mol. The Morgan fingerprint density at radius 3 is 2.57 bits per heavy atom. The largest absolute Gasteiger partial charge is 0.507 e. The SMILES string of the molecule is Cc1ccc(C)c(C(O)=C2C(=O)C(=O)N(CCCN3CCOCC3)C2c2cccc([N+](=O)[O-])c2)c1. The second-order valence-corrected chi connectivity index (χ2v) is 8.97.